The van der Waals surface area contributed by atoms with Crippen LogP contribution in [-0.4, -0.2) is 0 Å². The molecule has 50 heavy (non-hydrogen) atoms. The molecule has 0 fully saturated rings. The summed E-state index contributed by atoms with van der Waals surface area (Å²) in [6.07, 6.45) is 0. The molecule has 0 saturated heterocycles. The number of hydrogen-bond acceptors (Lipinski definition) is 0. The van der Waals surface area contributed by atoms with Gasteiger partial charge in [-0.05, 0) is 112 Å². The highest BCUT2D eigenvalue weighted by Gasteiger charge is 2.37. The van der Waals surface area contributed by atoms with Crippen LogP contribution in [0.15, 0.2) is 164 Å². The van der Waals surface area contributed by atoms with Gasteiger partial charge in [0.2, 0.25) is 0 Å². The lowest BCUT2D eigenvalue weighted by atomic mass is 9.80. The maximum Gasteiger partial charge on any atom is 0.0159 e. The molecule has 0 atom stereocenters. The first-order valence-corrected chi connectivity index (χ1v) is 17.7. The third-order valence-corrected chi connectivity index (χ3v) is 11.3. The standard InChI is InChI=1S/C50H36/c1-31-23-26-41-44(29-31)48(43-20-12-22-46-49(43)42-19-10-11-21-45(42)50(46,2)3)39-18-9-8-17-38(39)47(41)40-28-27-35(36-15-6-7-16-37(36)40)34-25-24-32-13-4-5-14-33(32)30-34/h4-30H,1-3H3. The van der Waals surface area contributed by atoms with Crippen LogP contribution >= 0.6 is 0 Å². The highest BCUT2D eigenvalue weighted by molar-refractivity contribution is 6.25. The SMILES string of the molecule is Cc1ccc2c(-c3ccc(-c4ccc5ccccc5c4)c4ccccc34)c3ccccc3c(-c3cccc4c3-c3ccccc3C4(C)C)c2c1. The van der Waals surface area contributed by atoms with Gasteiger partial charge < -0.3 is 0 Å². The van der Waals surface area contributed by atoms with Crippen molar-refractivity contribution in [3.05, 3.63) is 180 Å². The van der Waals surface area contributed by atoms with Crippen molar-refractivity contribution in [2.75, 3.05) is 0 Å². The third kappa shape index (κ3) is 4.12. The fraction of sp³-hybridized carbons (Fsp3) is 0.0800. The molecule has 1 aliphatic rings. The molecule has 0 aromatic heterocycles. The van der Waals surface area contributed by atoms with Gasteiger partial charge in [0, 0.05) is 5.41 Å². The van der Waals surface area contributed by atoms with Gasteiger partial charge in [0.1, 0.15) is 0 Å². The van der Waals surface area contributed by atoms with Gasteiger partial charge in [-0.15, -0.1) is 0 Å². The van der Waals surface area contributed by atoms with E-state index in [1.54, 1.807) is 0 Å². The molecule has 0 radical (unpaired) electrons. The zero-order valence-corrected chi connectivity index (χ0v) is 28.6. The highest BCUT2D eigenvalue weighted by atomic mass is 14.4. The van der Waals surface area contributed by atoms with Gasteiger partial charge in [-0.3, -0.25) is 0 Å². The zero-order valence-electron chi connectivity index (χ0n) is 28.6. The van der Waals surface area contributed by atoms with Crippen molar-refractivity contribution in [1.82, 2.24) is 0 Å². The Hall–Kier alpha value is -5.98. The summed E-state index contributed by atoms with van der Waals surface area (Å²) in [5, 5.41) is 10.2. The first-order chi connectivity index (χ1) is 24.5. The van der Waals surface area contributed by atoms with E-state index in [1.165, 1.54) is 104 Å². The summed E-state index contributed by atoms with van der Waals surface area (Å²) in [7, 11) is 0. The van der Waals surface area contributed by atoms with E-state index in [-0.39, 0.29) is 5.41 Å². The summed E-state index contributed by atoms with van der Waals surface area (Å²) < 4.78 is 0. The summed E-state index contributed by atoms with van der Waals surface area (Å²) in [5.74, 6) is 0. The average Bonchev–Trinajstić information content (AvgIpc) is 3.39. The Morgan fingerprint density at radius 1 is 0.340 bits per heavy atom. The molecule has 0 bridgehead atoms. The van der Waals surface area contributed by atoms with Crippen molar-refractivity contribution in [2.45, 2.75) is 26.2 Å². The molecule has 0 aliphatic heterocycles. The minimum absolute atomic E-state index is 0.0604. The second-order valence-electron chi connectivity index (χ2n) is 14.5. The van der Waals surface area contributed by atoms with E-state index >= 15 is 0 Å². The van der Waals surface area contributed by atoms with Crippen LogP contribution in [0, 0.1) is 6.92 Å². The Balaban J connectivity index is 1.29. The van der Waals surface area contributed by atoms with E-state index in [0.29, 0.717) is 0 Å². The Labute approximate surface area is 293 Å². The van der Waals surface area contributed by atoms with Gasteiger partial charge in [0.25, 0.3) is 0 Å². The molecule has 0 nitrogen and oxygen atoms in total. The molecule has 0 heteroatoms. The summed E-state index contributed by atoms with van der Waals surface area (Å²) in [5.41, 5.74) is 14.5. The number of fused-ring (bicyclic) bond motifs is 7. The van der Waals surface area contributed by atoms with Crippen molar-refractivity contribution in [3.63, 3.8) is 0 Å². The number of rotatable bonds is 3. The van der Waals surface area contributed by atoms with Crippen LogP contribution in [0.1, 0.15) is 30.5 Å². The van der Waals surface area contributed by atoms with Crippen LogP contribution in [0.5, 0.6) is 0 Å². The van der Waals surface area contributed by atoms with Gasteiger partial charge in [-0.2, -0.15) is 0 Å². The van der Waals surface area contributed by atoms with Crippen LogP contribution in [-0.2, 0) is 5.41 Å². The summed E-state index contributed by atoms with van der Waals surface area (Å²) >= 11 is 0. The van der Waals surface area contributed by atoms with E-state index in [0.717, 1.165) is 0 Å². The quantitative estimate of drug-likeness (QED) is 0.169. The topological polar surface area (TPSA) is 0 Å². The molecule has 0 unspecified atom stereocenters. The summed E-state index contributed by atoms with van der Waals surface area (Å²) in [6, 6.07) is 61.3. The molecule has 9 aromatic rings. The molecule has 236 valence electrons. The molecule has 1 aliphatic carbocycles. The molecule has 0 spiro atoms. The maximum atomic E-state index is 2.41. The number of benzene rings is 9. The zero-order chi connectivity index (χ0) is 33.6. The molecular weight excluding hydrogens is 601 g/mol. The largest absolute Gasteiger partial charge is 0.0619 e. The summed E-state index contributed by atoms with van der Waals surface area (Å²) in [6.45, 7) is 6.97. The van der Waals surface area contributed by atoms with Crippen LogP contribution < -0.4 is 0 Å². The third-order valence-electron chi connectivity index (χ3n) is 11.3. The first-order valence-electron chi connectivity index (χ1n) is 17.7. The Morgan fingerprint density at radius 3 is 1.72 bits per heavy atom. The lowest BCUT2D eigenvalue weighted by Gasteiger charge is -2.23. The van der Waals surface area contributed by atoms with E-state index in [4.69, 9.17) is 0 Å². The lowest BCUT2D eigenvalue weighted by molar-refractivity contribution is 0.660. The van der Waals surface area contributed by atoms with Crippen LogP contribution in [0.25, 0.3) is 87.6 Å². The van der Waals surface area contributed by atoms with Crippen LogP contribution in [0.2, 0.25) is 0 Å². The second-order valence-corrected chi connectivity index (χ2v) is 14.5. The number of hydrogen-bond donors (Lipinski definition) is 0. The van der Waals surface area contributed by atoms with Gasteiger partial charge >= 0.3 is 0 Å². The van der Waals surface area contributed by atoms with E-state index in [2.05, 4.69) is 185 Å². The van der Waals surface area contributed by atoms with Gasteiger partial charge in [0.05, 0.1) is 0 Å². The van der Waals surface area contributed by atoms with Gasteiger partial charge in [0.15, 0.2) is 0 Å². The molecule has 9 aromatic carbocycles. The predicted octanol–water partition coefficient (Wildman–Crippen LogP) is 13.9. The molecule has 0 amide bonds. The average molecular weight is 637 g/mol. The van der Waals surface area contributed by atoms with Crippen LogP contribution in [0.3, 0.4) is 0 Å². The Kier molecular flexibility index (Phi) is 6.24. The fourth-order valence-electron chi connectivity index (χ4n) is 8.96. The van der Waals surface area contributed by atoms with Crippen LogP contribution in [0.4, 0.5) is 0 Å². The lowest BCUT2D eigenvalue weighted by Crippen LogP contribution is -2.14. The summed E-state index contributed by atoms with van der Waals surface area (Å²) in [4.78, 5) is 0. The predicted molar refractivity (Wildman–Crippen MR) is 215 cm³/mol. The molecule has 0 N–H and O–H groups in total. The molecule has 0 saturated carbocycles. The number of aryl methyl sites for hydroxylation is 1. The fourth-order valence-corrected chi connectivity index (χ4v) is 8.96. The van der Waals surface area contributed by atoms with Crippen molar-refractivity contribution >= 4 is 43.1 Å². The maximum absolute atomic E-state index is 2.41. The van der Waals surface area contributed by atoms with Crippen molar-refractivity contribution in [1.29, 1.82) is 0 Å². The van der Waals surface area contributed by atoms with Crippen molar-refractivity contribution in [2.24, 2.45) is 0 Å². The molecular formula is C50H36. The minimum Gasteiger partial charge on any atom is -0.0619 e. The van der Waals surface area contributed by atoms with E-state index in [9.17, 15) is 0 Å². The second kappa shape index (κ2) is 10.8. The highest BCUT2D eigenvalue weighted by Crippen LogP contribution is 2.55. The monoisotopic (exact) mass is 636 g/mol. The Morgan fingerprint density at radius 2 is 0.920 bits per heavy atom. The molecule has 10 rings (SSSR count). The van der Waals surface area contributed by atoms with Gasteiger partial charge in [-0.25, -0.2) is 0 Å². The van der Waals surface area contributed by atoms with Gasteiger partial charge in [-0.1, -0.05) is 177 Å². The van der Waals surface area contributed by atoms with E-state index in [1.807, 2.05) is 0 Å². The Bertz CT molecular complexity index is 2850. The smallest absolute Gasteiger partial charge is 0.0159 e. The van der Waals surface area contributed by atoms with Crippen molar-refractivity contribution in [3.8, 4) is 44.5 Å². The van der Waals surface area contributed by atoms with E-state index < -0.39 is 0 Å². The van der Waals surface area contributed by atoms with Crippen molar-refractivity contribution < 1.29 is 0 Å². The molecule has 0 heterocycles. The minimum atomic E-state index is -0.0604. The normalized spacial score (nSPS) is 13.3. The first kappa shape index (κ1) is 29.0.